The van der Waals surface area contributed by atoms with Crippen LogP contribution in [0.15, 0.2) is 35.4 Å². The van der Waals surface area contributed by atoms with E-state index in [2.05, 4.69) is 76.1 Å². The number of hydrogen-bond acceptors (Lipinski definition) is 0. The van der Waals surface area contributed by atoms with Gasteiger partial charge in [-0.2, -0.15) is 0 Å². The molecule has 1 aliphatic rings. The molecule has 0 nitrogen and oxygen atoms in total. The first-order valence-electron chi connectivity index (χ1n) is 8.05. The zero-order chi connectivity index (χ0) is 15.9. The van der Waals surface area contributed by atoms with Crippen LogP contribution in [0.5, 0.6) is 0 Å². The highest BCUT2D eigenvalue weighted by Gasteiger charge is 2.10. The molecule has 0 bridgehead atoms. The zero-order valence-corrected chi connectivity index (χ0v) is 15.6. The molecule has 0 spiro atoms. The number of rotatable bonds is 1. The summed E-state index contributed by atoms with van der Waals surface area (Å²) in [5.74, 6) is 3.19. The van der Waals surface area contributed by atoms with Crippen molar-refractivity contribution in [2.24, 2.45) is 0 Å². The predicted octanol–water partition coefficient (Wildman–Crippen LogP) is 5.79. The zero-order valence-electron chi connectivity index (χ0n) is 14.6. The lowest BCUT2D eigenvalue weighted by molar-refractivity contribution is 0.952. The van der Waals surface area contributed by atoms with E-state index in [0.29, 0.717) is 0 Å². The summed E-state index contributed by atoms with van der Waals surface area (Å²) in [6.45, 7) is 13.5. The Bertz CT molecular complexity index is 514. The number of fused-ring (bicyclic) bond motifs is 1. The summed E-state index contributed by atoms with van der Waals surface area (Å²) in [5.41, 5.74) is 9.44. The lowest BCUT2D eigenvalue weighted by atomic mass is 9.88. The van der Waals surface area contributed by atoms with Crippen LogP contribution in [0, 0.1) is 11.5 Å². The Morgan fingerprint density at radius 2 is 1.43 bits per heavy atom. The summed E-state index contributed by atoms with van der Waals surface area (Å²) in [6, 6.07) is 8.75. The first kappa shape index (κ1) is 17.8. The summed E-state index contributed by atoms with van der Waals surface area (Å²) in [6.07, 6.45) is 4.58. The highest BCUT2D eigenvalue weighted by molar-refractivity contribution is 6.83. The van der Waals surface area contributed by atoms with Crippen molar-refractivity contribution < 1.29 is 0 Å². The molecule has 0 radical (unpaired) electrons. The second kappa shape index (κ2) is 8.25. The molecule has 0 aromatic heterocycles. The minimum atomic E-state index is -1.06. The number of hydrogen-bond donors (Lipinski definition) is 0. The van der Waals surface area contributed by atoms with E-state index in [-0.39, 0.29) is 0 Å². The van der Waals surface area contributed by atoms with Crippen LogP contribution in [-0.2, 0) is 12.8 Å². The van der Waals surface area contributed by atoms with E-state index in [0.717, 1.165) is 19.3 Å². The van der Waals surface area contributed by atoms with Gasteiger partial charge in [-0.05, 0) is 44.2 Å². The van der Waals surface area contributed by atoms with Gasteiger partial charge < -0.3 is 0 Å². The van der Waals surface area contributed by atoms with E-state index in [1.54, 1.807) is 11.1 Å². The predicted molar refractivity (Wildman–Crippen MR) is 98.3 cm³/mol. The molecule has 1 aromatic rings. The molecule has 0 atom stereocenters. The Hall–Kier alpha value is -1.26. The van der Waals surface area contributed by atoms with E-state index in [1.807, 2.05) is 0 Å². The maximum atomic E-state index is 3.31. The van der Waals surface area contributed by atoms with Gasteiger partial charge in [-0.15, -0.1) is 11.5 Å². The second-order valence-corrected chi connectivity index (χ2v) is 11.7. The van der Waals surface area contributed by atoms with Crippen LogP contribution in [-0.4, -0.2) is 8.07 Å². The molecule has 0 unspecified atom stereocenters. The van der Waals surface area contributed by atoms with Gasteiger partial charge in [0.1, 0.15) is 8.07 Å². The Morgan fingerprint density at radius 3 is 1.81 bits per heavy atom. The van der Waals surface area contributed by atoms with E-state index < -0.39 is 8.07 Å². The first-order valence-corrected chi connectivity index (χ1v) is 11.6. The molecular weight excluding hydrogens is 268 g/mol. The van der Waals surface area contributed by atoms with Gasteiger partial charge in [0.25, 0.3) is 0 Å². The molecule has 2 rings (SSSR count). The third kappa shape index (κ3) is 6.82. The van der Waals surface area contributed by atoms with Crippen LogP contribution in [0.4, 0.5) is 0 Å². The normalized spacial score (nSPS) is 13.6. The lowest BCUT2D eigenvalue weighted by Crippen LogP contribution is -2.16. The Balaban J connectivity index is 0.000000222. The highest BCUT2D eigenvalue weighted by Crippen LogP contribution is 2.24. The fraction of sp³-hybridized carbons (Fsp3) is 0.500. The maximum Gasteiger partial charge on any atom is 0.129 e. The van der Waals surface area contributed by atoms with Crippen molar-refractivity contribution >= 4 is 8.07 Å². The second-order valence-electron chi connectivity index (χ2n) is 6.98. The molecule has 1 aromatic carbocycles. The molecule has 114 valence electrons. The number of allylic oxidation sites excluding steroid dienone is 2. The molecule has 0 saturated heterocycles. The largest absolute Gasteiger partial charge is 0.132 e. The fourth-order valence-corrected chi connectivity index (χ4v) is 2.88. The fourth-order valence-electron chi connectivity index (χ4n) is 2.23. The molecule has 1 aliphatic carbocycles. The molecule has 21 heavy (non-hydrogen) atoms. The van der Waals surface area contributed by atoms with Gasteiger partial charge in [-0.1, -0.05) is 62.0 Å². The third-order valence-electron chi connectivity index (χ3n) is 3.60. The van der Waals surface area contributed by atoms with Gasteiger partial charge in [0.2, 0.25) is 0 Å². The van der Waals surface area contributed by atoms with Gasteiger partial charge in [0.05, 0.1) is 0 Å². The highest BCUT2D eigenvalue weighted by atomic mass is 28.3. The van der Waals surface area contributed by atoms with E-state index in [9.17, 15) is 0 Å². The molecule has 0 saturated carbocycles. The molecular formula is C20H30Si. The maximum absolute atomic E-state index is 3.31. The summed E-state index contributed by atoms with van der Waals surface area (Å²) in [4.78, 5) is 0. The van der Waals surface area contributed by atoms with Gasteiger partial charge in [-0.3, -0.25) is 0 Å². The van der Waals surface area contributed by atoms with E-state index >= 15 is 0 Å². The van der Waals surface area contributed by atoms with Crippen LogP contribution in [0.25, 0.3) is 0 Å². The molecule has 0 amide bonds. The molecule has 0 fully saturated rings. The van der Waals surface area contributed by atoms with Crippen molar-refractivity contribution in [2.45, 2.75) is 66.1 Å². The van der Waals surface area contributed by atoms with Gasteiger partial charge in [0, 0.05) is 6.42 Å². The summed E-state index contributed by atoms with van der Waals surface area (Å²) >= 11 is 0. The van der Waals surface area contributed by atoms with Crippen molar-refractivity contribution in [1.29, 1.82) is 0 Å². The summed E-state index contributed by atoms with van der Waals surface area (Å²) in [7, 11) is -1.06. The first-order chi connectivity index (χ1) is 9.83. The van der Waals surface area contributed by atoms with Gasteiger partial charge >= 0.3 is 0 Å². The van der Waals surface area contributed by atoms with Crippen molar-refractivity contribution in [3.8, 4) is 11.5 Å². The van der Waals surface area contributed by atoms with E-state index in [4.69, 9.17) is 0 Å². The van der Waals surface area contributed by atoms with Gasteiger partial charge in [0.15, 0.2) is 0 Å². The SMILES string of the molecule is CC1=C(C)Cc2ccccc2C1.CCCC#C[Si](C)(C)C. The van der Waals surface area contributed by atoms with Crippen LogP contribution in [0.2, 0.25) is 19.6 Å². The minimum absolute atomic E-state index is 1.06. The molecule has 0 heterocycles. The van der Waals surface area contributed by atoms with Crippen molar-refractivity contribution in [2.75, 3.05) is 0 Å². The van der Waals surface area contributed by atoms with Crippen molar-refractivity contribution in [1.82, 2.24) is 0 Å². The topological polar surface area (TPSA) is 0 Å². The molecule has 0 N–H and O–H groups in total. The van der Waals surface area contributed by atoms with Crippen molar-refractivity contribution in [3.63, 3.8) is 0 Å². The van der Waals surface area contributed by atoms with Crippen LogP contribution >= 0.6 is 0 Å². The van der Waals surface area contributed by atoms with Gasteiger partial charge in [-0.25, -0.2) is 0 Å². The molecule has 0 aliphatic heterocycles. The summed E-state index contributed by atoms with van der Waals surface area (Å²) in [5, 5.41) is 0. The number of unbranched alkanes of at least 4 members (excludes halogenated alkanes) is 1. The van der Waals surface area contributed by atoms with Crippen LogP contribution in [0.1, 0.15) is 44.7 Å². The lowest BCUT2D eigenvalue weighted by Gasteiger charge is -2.18. The molecule has 1 heteroatoms. The monoisotopic (exact) mass is 298 g/mol. The number of benzene rings is 1. The quantitative estimate of drug-likeness (QED) is 0.350. The Labute approximate surface area is 132 Å². The Kier molecular flexibility index (Phi) is 6.98. The third-order valence-corrected chi connectivity index (χ3v) is 4.52. The Morgan fingerprint density at radius 1 is 0.952 bits per heavy atom. The van der Waals surface area contributed by atoms with E-state index in [1.165, 1.54) is 17.5 Å². The standard InChI is InChI=1S/C12H14.C8H16Si/c1-9-7-11-5-3-4-6-12(11)8-10(9)2;1-5-6-7-8-9(2,3)4/h3-6H,7-8H2,1-2H3;5-6H2,1-4H3. The average molecular weight is 299 g/mol. The van der Waals surface area contributed by atoms with Crippen molar-refractivity contribution in [3.05, 3.63) is 46.5 Å². The van der Waals surface area contributed by atoms with Crippen LogP contribution < -0.4 is 0 Å². The minimum Gasteiger partial charge on any atom is -0.132 e. The smallest absolute Gasteiger partial charge is 0.129 e. The average Bonchev–Trinajstić information content (AvgIpc) is 2.40. The summed E-state index contributed by atoms with van der Waals surface area (Å²) < 4.78 is 0. The van der Waals surface area contributed by atoms with Crippen LogP contribution in [0.3, 0.4) is 0 Å².